The van der Waals surface area contributed by atoms with Crippen molar-refractivity contribution in [3.05, 3.63) is 71.3 Å². The number of nitrogens with zero attached hydrogens (tertiary/aromatic N) is 2. The summed E-state index contributed by atoms with van der Waals surface area (Å²) in [5.41, 5.74) is 6.18. The molecular formula is C21H19FN2. The molecule has 0 N–H and O–H groups in total. The van der Waals surface area contributed by atoms with Crippen molar-refractivity contribution < 1.29 is 4.39 Å². The quantitative estimate of drug-likeness (QED) is 0.665. The maximum absolute atomic E-state index is 14.6. The van der Waals surface area contributed by atoms with Crippen LogP contribution in [0.5, 0.6) is 0 Å². The molecule has 0 amide bonds. The topological polar surface area (TPSA) is 25.8 Å². The van der Waals surface area contributed by atoms with Gasteiger partial charge < -0.3 is 0 Å². The SMILES string of the molecule is Cc1cnc(-c2ccc(-c3ccc4c(c3)CC(C)C4)cc2F)nc1. The highest BCUT2D eigenvalue weighted by Gasteiger charge is 2.18. The van der Waals surface area contributed by atoms with E-state index in [9.17, 15) is 4.39 Å². The minimum absolute atomic E-state index is 0.287. The average Bonchev–Trinajstić information content (AvgIpc) is 2.95. The Morgan fingerprint density at radius 2 is 1.58 bits per heavy atom. The van der Waals surface area contributed by atoms with Gasteiger partial charge in [0.2, 0.25) is 0 Å². The van der Waals surface area contributed by atoms with Gasteiger partial charge in [0, 0.05) is 12.4 Å². The molecule has 0 bridgehead atoms. The molecule has 3 heteroatoms. The number of fused-ring (bicyclic) bond motifs is 1. The van der Waals surface area contributed by atoms with E-state index in [1.807, 2.05) is 13.0 Å². The Hall–Kier alpha value is -2.55. The first-order valence-electron chi connectivity index (χ1n) is 8.31. The van der Waals surface area contributed by atoms with Crippen molar-refractivity contribution >= 4 is 0 Å². The van der Waals surface area contributed by atoms with Crippen molar-refractivity contribution in [3.8, 4) is 22.5 Å². The van der Waals surface area contributed by atoms with Gasteiger partial charge in [-0.1, -0.05) is 31.2 Å². The summed E-state index contributed by atoms with van der Waals surface area (Å²) in [7, 11) is 0. The molecule has 1 atom stereocenters. The van der Waals surface area contributed by atoms with Gasteiger partial charge in [0.25, 0.3) is 0 Å². The van der Waals surface area contributed by atoms with Crippen molar-refractivity contribution in [1.82, 2.24) is 9.97 Å². The van der Waals surface area contributed by atoms with Gasteiger partial charge in [-0.25, -0.2) is 14.4 Å². The molecule has 2 aromatic carbocycles. The van der Waals surface area contributed by atoms with Crippen LogP contribution < -0.4 is 0 Å². The van der Waals surface area contributed by atoms with Crippen LogP contribution >= 0.6 is 0 Å². The first kappa shape index (κ1) is 15.0. The number of aromatic nitrogens is 2. The van der Waals surface area contributed by atoms with Crippen LogP contribution in [0.2, 0.25) is 0 Å². The molecule has 1 aliphatic rings. The summed E-state index contributed by atoms with van der Waals surface area (Å²) in [5, 5.41) is 0. The number of aryl methyl sites for hydroxylation is 1. The average molecular weight is 318 g/mol. The van der Waals surface area contributed by atoms with Crippen molar-refractivity contribution in [3.63, 3.8) is 0 Å². The van der Waals surface area contributed by atoms with E-state index >= 15 is 0 Å². The fourth-order valence-corrected chi connectivity index (χ4v) is 3.43. The molecule has 1 aromatic heterocycles. The molecule has 4 rings (SSSR count). The Kier molecular flexibility index (Phi) is 3.64. The molecule has 0 aliphatic heterocycles. The lowest BCUT2D eigenvalue weighted by Gasteiger charge is -2.08. The predicted molar refractivity (Wildman–Crippen MR) is 94.2 cm³/mol. The second-order valence-electron chi connectivity index (χ2n) is 6.78. The van der Waals surface area contributed by atoms with Crippen molar-refractivity contribution in [1.29, 1.82) is 0 Å². The fourth-order valence-electron chi connectivity index (χ4n) is 3.43. The van der Waals surface area contributed by atoms with Crippen LogP contribution in [0.1, 0.15) is 23.6 Å². The maximum atomic E-state index is 14.6. The smallest absolute Gasteiger partial charge is 0.162 e. The molecule has 24 heavy (non-hydrogen) atoms. The highest BCUT2D eigenvalue weighted by Crippen LogP contribution is 2.32. The molecule has 0 fully saturated rings. The molecule has 120 valence electrons. The van der Waals surface area contributed by atoms with Gasteiger partial charge in [0.1, 0.15) is 5.82 Å². The van der Waals surface area contributed by atoms with E-state index in [1.165, 1.54) is 11.1 Å². The van der Waals surface area contributed by atoms with Gasteiger partial charge in [0.15, 0.2) is 5.82 Å². The minimum Gasteiger partial charge on any atom is -0.236 e. The summed E-state index contributed by atoms with van der Waals surface area (Å²) in [6, 6.07) is 11.8. The summed E-state index contributed by atoms with van der Waals surface area (Å²) in [5.74, 6) is 0.839. The number of rotatable bonds is 2. The number of hydrogen-bond donors (Lipinski definition) is 0. The predicted octanol–water partition coefficient (Wildman–Crippen LogP) is 4.99. The van der Waals surface area contributed by atoms with Gasteiger partial charge in [-0.3, -0.25) is 0 Å². The van der Waals surface area contributed by atoms with Crippen LogP contribution in [0, 0.1) is 18.7 Å². The highest BCUT2D eigenvalue weighted by molar-refractivity contribution is 5.69. The van der Waals surface area contributed by atoms with E-state index in [2.05, 4.69) is 35.1 Å². The maximum Gasteiger partial charge on any atom is 0.162 e. The molecule has 1 unspecified atom stereocenters. The van der Waals surface area contributed by atoms with Crippen LogP contribution in [0.15, 0.2) is 48.8 Å². The summed E-state index contributed by atoms with van der Waals surface area (Å²) in [4.78, 5) is 8.43. The molecule has 1 aliphatic carbocycles. The lowest BCUT2D eigenvalue weighted by Crippen LogP contribution is -1.93. The van der Waals surface area contributed by atoms with Gasteiger partial charge in [-0.15, -0.1) is 0 Å². The Balaban J connectivity index is 1.70. The second kappa shape index (κ2) is 5.82. The van der Waals surface area contributed by atoms with Gasteiger partial charge in [-0.05, 0) is 65.6 Å². The molecule has 0 spiro atoms. The zero-order valence-electron chi connectivity index (χ0n) is 13.9. The van der Waals surface area contributed by atoms with Crippen LogP contribution in [0.4, 0.5) is 4.39 Å². The summed E-state index contributed by atoms with van der Waals surface area (Å²) < 4.78 is 14.6. The molecule has 0 saturated heterocycles. The van der Waals surface area contributed by atoms with E-state index in [1.54, 1.807) is 24.5 Å². The Morgan fingerprint density at radius 1 is 0.917 bits per heavy atom. The third-order valence-electron chi connectivity index (χ3n) is 4.67. The Labute approximate surface area is 141 Å². The number of benzene rings is 2. The zero-order valence-corrected chi connectivity index (χ0v) is 13.9. The lowest BCUT2D eigenvalue weighted by molar-refractivity contribution is 0.627. The molecule has 1 heterocycles. The van der Waals surface area contributed by atoms with Crippen LogP contribution in [0.3, 0.4) is 0 Å². The van der Waals surface area contributed by atoms with Crippen molar-refractivity contribution in [2.75, 3.05) is 0 Å². The van der Waals surface area contributed by atoms with Crippen molar-refractivity contribution in [2.45, 2.75) is 26.7 Å². The fraction of sp³-hybridized carbons (Fsp3) is 0.238. The lowest BCUT2D eigenvalue weighted by atomic mass is 9.99. The highest BCUT2D eigenvalue weighted by atomic mass is 19.1. The van der Waals surface area contributed by atoms with E-state index in [-0.39, 0.29) is 5.82 Å². The third kappa shape index (κ3) is 2.71. The molecule has 2 nitrogen and oxygen atoms in total. The number of hydrogen-bond acceptors (Lipinski definition) is 2. The second-order valence-corrected chi connectivity index (χ2v) is 6.78. The summed E-state index contributed by atoms with van der Waals surface area (Å²) in [6.45, 7) is 4.19. The Bertz CT molecular complexity index is 900. The van der Waals surface area contributed by atoms with E-state index < -0.39 is 0 Å². The van der Waals surface area contributed by atoms with Gasteiger partial charge in [-0.2, -0.15) is 0 Å². The third-order valence-corrected chi connectivity index (χ3v) is 4.67. The first-order valence-corrected chi connectivity index (χ1v) is 8.31. The van der Waals surface area contributed by atoms with Crippen molar-refractivity contribution in [2.24, 2.45) is 5.92 Å². The van der Waals surface area contributed by atoms with E-state index in [4.69, 9.17) is 0 Å². The molecule has 0 saturated carbocycles. The van der Waals surface area contributed by atoms with Gasteiger partial charge in [0.05, 0.1) is 5.56 Å². The zero-order chi connectivity index (χ0) is 16.7. The Morgan fingerprint density at radius 3 is 2.33 bits per heavy atom. The number of halogens is 1. The normalized spacial score (nSPS) is 16.2. The van der Waals surface area contributed by atoms with Gasteiger partial charge >= 0.3 is 0 Å². The van der Waals surface area contributed by atoms with Crippen LogP contribution in [0.25, 0.3) is 22.5 Å². The van der Waals surface area contributed by atoms with E-state index in [0.29, 0.717) is 17.3 Å². The van der Waals surface area contributed by atoms with Crippen LogP contribution in [-0.2, 0) is 12.8 Å². The van der Waals surface area contributed by atoms with Crippen LogP contribution in [-0.4, -0.2) is 9.97 Å². The monoisotopic (exact) mass is 318 g/mol. The first-order chi connectivity index (χ1) is 11.6. The molecular weight excluding hydrogens is 299 g/mol. The standard InChI is InChI=1S/C21H19FN2/c1-13-7-15-3-4-16(9-18(15)8-13)17-5-6-19(20(22)10-17)21-23-11-14(2)12-24-21/h3-6,9-13H,7-8H2,1-2H3. The summed E-state index contributed by atoms with van der Waals surface area (Å²) >= 11 is 0. The molecule has 0 radical (unpaired) electrons. The van der Waals surface area contributed by atoms with E-state index in [0.717, 1.165) is 29.5 Å². The summed E-state index contributed by atoms with van der Waals surface area (Å²) in [6.07, 6.45) is 5.67. The minimum atomic E-state index is -0.287. The largest absolute Gasteiger partial charge is 0.236 e. The molecule has 3 aromatic rings.